The Morgan fingerprint density at radius 1 is 0.512 bits per heavy atom. The third-order valence-corrected chi connectivity index (χ3v) is 7.86. The van der Waals surface area contributed by atoms with Crippen LogP contribution < -0.4 is 9.47 Å². The lowest BCUT2D eigenvalue weighted by molar-refractivity contribution is 0.302. The number of hydrogen-bond donors (Lipinski definition) is 1. The van der Waals surface area contributed by atoms with E-state index >= 15 is 0 Å². The van der Waals surface area contributed by atoms with Crippen LogP contribution in [0.5, 0.6) is 23.0 Å². The van der Waals surface area contributed by atoms with Crippen LogP contribution in [0.4, 0.5) is 0 Å². The van der Waals surface area contributed by atoms with E-state index in [1.807, 2.05) is 67.6 Å². The Balaban J connectivity index is 1.23. The molecule has 0 aliphatic heterocycles. The van der Waals surface area contributed by atoms with Crippen molar-refractivity contribution in [3.05, 3.63) is 157 Å². The van der Waals surface area contributed by atoms with E-state index in [1.165, 1.54) is 32.7 Å². The summed E-state index contributed by atoms with van der Waals surface area (Å²) in [7, 11) is 0. The minimum Gasteiger partial charge on any atom is -0.508 e. The van der Waals surface area contributed by atoms with E-state index in [2.05, 4.69) is 72.8 Å². The van der Waals surface area contributed by atoms with Crippen LogP contribution in [0.3, 0.4) is 0 Å². The van der Waals surface area contributed by atoms with Gasteiger partial charge in [-0.25, -0.2) is 0 Å². The molecule has 7 aromatic rings. The standard InChI is InChI=1S/C40H30O3/c1-27-15-22-33(25-38(27)42-26-28-9-3-2-4-10-28)43-32-23-18-30(19-24-32)40-36-13-7-5-11-34(36)39(29-16-20-31(41)21-17-29)35-12-6-8-14-37(35)40/h2-25,41H,26H2,1H3. The highest BCUT2D eigenvalue weighted by molar-refractivity contribution is 6.21. The van der Waals surface area contributed by atoms with E-state index in [9.17, 15) is 5.11 Å². The number of ether oxygens (including phenoxy) is 2. The molecule has 0 saturated heterocycles. The first-order valence-corrected chi connectivity index (χ1v) is 14.4. The van der Waals surface area contributed by atoms with Crippen molar-refractivity contribution in [3.63, 3.8) is 0 Å². The molecule has 0 spiro atoms. The summed E-state index contributed by atoms with van der Waals surface area (Å²) in [5.74, 6) is 2.56. The highest BCUT2D eigenvalue weighted by atomic mass is 16.5. The minimum atomic E-state index is 0.262. The maximum atomic E-state index is 9.91. The average molecular weight is 559 g/mol. The van der Waals surface area contributed by atoms with Gasteiger partial charge < -0.3 is 14.6 Å². The molecule has 0 aromatic heterocycles. The fraction of sp³-hybridized carbons (Fsp3) is 0.0500. The minimum absolute atomic E-state index is 0.262. The molecule has 0 aliphatic rings. The van der Waals surface area contributed by atoms with Crippen molar-refractivity contribution in [2.45, 2.75) is 13.5 Å². The van der Waals surface area contributed by atoms with Crippen LogP contribution in [0.15, 0.2) is 146 Å². The zero-order valence-corrected chi connectivity index (χ0v) is 23.8. The number of hydrogen-bond acceptors (Lipinski definition) is 3. The van der Waals surface area contributed by atoms with Gasteiger partial charge in [-0.2, -0.15) is 0 Å². The summed E-state index contributed by atoms with van der Waals surface area (Å²) in [5.41, 5.74) is 6.73. The molecule has 1 N–H and O–H groups in total. The molecule has 0 fully saturated rings. The second-order valence-electron chi connectivity index (χ2n) is 10.7. The molecule has 0 heterocycles. The van der Waals surface area contributed by atoms with E-state index in [1.54, 1.807) is 12.1 Å². The molecule has 0 atom stereocenters. The maximum absolute atomic E-state index is 9.91. The number of phenolic OH excluding ortho intramolecular Hbond substituents is 1. The zero-order valence-electron chi connectivity index (χ0n) is 23.8. The lowest BCUT2D eigenvalue weighted by atomic mass is 9.86. The van der Waals surface area contributed by atoms with Gasteiger partial charge in [0, 0.05) is 6.07 Å². The molecule has 208 valence electrons. The summed E-state index contributed by atoms with van der Waals surface area (Å²) in [4.78, 5) is 0. The molecular formula is C40H30O3. The Morgan fingerprint density at radius 2 is 1.00 bits per heavy atom. The Morgan fingerprint density at radius 3 is 1.56 bits per heavy atom. The molecule has 0 unspecified atom stereocenters. The van der Waals surface area contributed by atoms with Crippen LogP contribution in [0.2, 0.25) is 0 Å². The number of rotatable bonds is 7. The Kier molecular flexibility index (Phi) is 6.98. The van der Waals surface area contributed by atoms with Crippen LogP contribution in [-0.2, 0) is 6.61 Å². The van der Waals surface area contributed by atoms with Gasteiger partial charge in [-0.3, -0.25) is 0 Å². The van der Waals surface area contributed by atoms with E-state index < -0.39 is 0 Å². The second kappa shape index (κ2) is 11.4. The van der Waals surface area contributed by atoms with Gasteiger partial charge in [0.1, 0.15) is 29.6 Å². The van der Waals surface area contributed by atoms with Crippen molar-refractivity contribution in [2.24, 2.45) is 0 Å². The first kappa shape index (κ1) is 26.4. The van der Waals surface area contributed by atoms with Crippen LogP contribution in [-0.4, -0.2) is 5.11 Å². The zero-order chi connectivity index (χ0) is 29.2. The van der Waals surface area contributed by atoms with Crippen molar-refractivity contribution in [3.8, 4) is 45.3 Å². The van der Waals surface area contributed by atoms with E-state index in [-0.39, 0.29) is 5.75 Å². The highest BCUT2D eigenvalue weighted by Gasteiger charge is 2.16. The van der Waals surface area contributed by atoms with Crippen molar-refractivity contribution >= 4 is 21.5 Å². The molecule has 0 amide bonds. The first-order valence-electron chi connectivity index (χ1n) is 14.4. The van der Waals surface area contributed by atoms with Crippen molar-refractivity contribution in [1.29, 1.82) is 0 Å². The van der Waals surface area contributed by atoms with Crippen LogP contribution >= 0.6 is 0 Å². The summed E-state index contributed by atoms with van der Waals surface area (Å²) in [5, 5.41) is 14.6. The molecule has 3 heteroatoms. The lowest BCUT2D eigenvalue weighted by Gasteiger charge is -2.18. The van der Waals surface area contributed by atoms with Crippen molar-refractivity contribution in [1.82, 2.24) is 0 Å². The lowest BCUT2D eigenvalue weighted by Crippen LogP contribution is -1.97. The quantitative estimate of drug-likeness (QED) is 0.198. The van der Waals surface area contributed by atoms with Gasteiger partial charge in [0.05, 0.1) is 0 Å². The van der Waals surface area contributed by atoms with Gasteiger partial charge in [0.15, 0.2) is 0 Å². The normalized spacial score (nSPS) is 11.1. The Hall–Kier alpha value is -5.54. The number of aromatic hydroxyl groups is 1. The van der Waals surface area contributed by atoms with E-state index in [0.717, 1.165) is 39.5 Å². The molecule has 3 nitrogen and oxygen atoms in total. The monoisotopic (exact) mass is 558 g/mol. The SMILES string of the molecule is Cc1ccc(Oc2ccc(-c3c4ccccc4c(-c4ccc(O)cc4)c4ccccc34)cc2)cc1OCc1ccccc1. The summed E-state index contributed by atoms with van der Waals surface area (Å²) in [6.07, 6.45) is 0. The second-order valence-corrected chi connectivity index (χ2v) is 10.7. The summed E-state index contributed by atoms with van der Waals surface area (Å²) in [6, 6.07) is 49.0. The summed E-state index contributed by atoms with van der Waals surface area (Å²) >= 11 is 0. The van der Waals surface area contributed by atoms with E-state index in [0.29, 0.717) is 6.61 Å². The fourth-order valence-corrected chi connectivity index (χ4v) is 5.74. The number of aryl methyl sites for hydroxylation is 1. The average Bonchev–Trinajstić information content (AvgIpc) is 3.05. The van der Waals surface area contributed by atoms with Gasteiger partial charge in [-0.1, -0.05) is 109 Å². The molecule has 43 heavy (non-hydrogen) atoms. The molecule has 0 bridgehead atoms. The van der Waals surface area contributed by atoms with Gasteiger partial charge in [0.25, 0.3) is 0 Å². The first-order chi connectivity index (χ1) is 21.1. The molecule has 0 radical (unpaired) electrons. The maximum Gasteiger partial charge on any atom is 0.131 e. The van der Waals surface area contributed by atoms with Gasteiger partial charge >= 0.3 is 0 Å². The third kappa shape index (κ3) is 5.29. The third-order valence-electron chi connectivity index (χ3n) is 7.86. The van der Waals surface area contributed by atoms with Gasteiger partial charge in [-0.05, 0) is 92.2 Å². The Bertz CT molecular complexity index is 1990. The van der Waals surface area contributed by atoms with Crippen LogP contribution in [0.1, 0.15) is 11.1 Å². The highest BCUT2D eigenvalue weighted by Crippen LogP contribution is 2.44. The topological polar surface area (TPSA) is 38.7 Å². The van der Waals surface area contributed by atoms with Crippen LogP contribution in [0, 0.1) is 6.92 Å². The summed E-state index contributed by atoms with van der Waals surface area (Å²) < 4.78 is 12.4. The predicted molar refractivity (Wildman–Crippen MR) is 176 cm³/mol. The van der Waals surface area contributed by atoms with Crippen LogP contribution in [0.25, 0.3) is 43.8 Å². The molecule has 7 rings (SSSR count). The van der Waals surface area contributed by atoms with Crippen molar-refractivity contribution in [2.75, 3.05) is 0 Å². The fourth-order valence-electron chi connectivity index (χ4n) is 5.74. The van der Waals surface area contributed by atoms with Gasteiger partial charge in [0.2, 0.25) is 0 Å². The largest absolute Gasteiger partial charge is 0.508 e. The molecular weight excluding hydrogens is 528 g/mol. The number of benzene rings is 7. The number of fused-ring (bicyclic) bond motifs is 2. The van der Waals surface area contributed by atoms with E-state index in [4.69, 9.17) is 9.47 Å². The predicted octanol–water partition coefficient (Wildman–Crippen LogP) is 10.7. The molecule has 7 aromatic carbocycles. The summed E-state index contributed by atoms with van der Waals surface area (Å²) in [6.45, 7) is 2.55. The molecule has 0 aliphatic carbocycles. The molecule has 0 saturated carbocycles. The van der Waals surface area contributed by atoms with Gasteiger partial charge in [-0.15, -0.1) is 0 Å². The Labute approximate surface area is 251 Å². The number of phenols is 1. The van der Waals surface area contributed by atoms with Crippen molar-refractivity contribution < 1.29 is 14.6 Å². The smallest absolute Gasteiger partial charge is 0.131 e.